The van der Waals surface area contributed by atoms with E-state index in [9.17, 15) is 9.59 Å². The van der Waals surface area contributed by atoms with Crippen LogP contribution in [0.3, 0.4) is 0 Å². The summed E-state index contributed by atoms with van der Waals surface area (Å²) in [4.78, 5) is 22.0. The maximum atomic E-state index is 11.0. The molecular formula is C7H8N4O2. The molecule has 0 fully saturated rings. The third kappa shape index (κ3) is 3.21. The topological polar surface area (TPSA) is 106 Å². The predicted octanol–water partition coefficient (Wildman–Crippen LogP) is -0.793. The van der Waals surface area contributed by atoms with Gasteiger partial charge in [0, 0.05) is 0 Å². The molecule has 0 rings (SSSR count). The third-order valence-electron chi connectivity index (χ3n) is 1.40. The highest BCUT2D eigenvalue weighted by atomic mass is 16.2. The Morgan fingerprint density at radius 1 is 1.23 bits per heavy atom. The lowest BCUT2D eigenvalue weighted by molar-refractivity contribution is -0.134. The molecule has 0 aliphatic rings. The van der Waals surface area contributed by atoms with Crippen LogP contribution in [0.5, 0.6) is 0 Å². The van der Waals surface area contributed by atoms with Gasteiger partial charge in [0.25, 0.3) is 0 Å². The normalized spacial score (nSPS) is 8.31. The lowest BCUT2D eigenvalue weighted by Crippen LogP contribution is -2.37. The second-order valence-electron chi connectivity index (χ2n) is 2.16. The van der Waals surface area contributed by atoms with Gasteiger partial charge in [0.15, 0.2) is 12.4 Å². The van der Waals surface area contributed by atoms with Crippen molar-refractivity contribution in [3.8, 4) is 12.4 Å². The molecule has 0 heterocycles. The molecule has 2 amide bonds. The first kappa shape index (κ1) is 10.9. The second-order valence-corrected chi connectivity index (χ2v) is 2.16. The maximum absolute atomic E-state index is 11.0. The highest BCUT2D eigenvalue weighted by Gasteiger charge is 2.24. The summed E-state index contributed by atoms with van der Waals surface area (Å²) in [7, 11) is 0. The fourth-order valence-electron chi connectivity index (χ4n) is 0.774. The van der Waals surface area contributed by atoms with Gasteiger partial charge in [-0.2, -0.15) is 10.5 Å². The number of nitriles is 2. The molecule has 0 aromatic rings. The summed E-state index contributed by atoms with van der Waals surface area (Å²) in [5, 5.41) is 19.9. The van der Waals surface area contributed by atoms with Gasteiger partial charge in [-0.3, -0.25) is 20.2 Å². The van der Waals surface area contributed by atoms with E-state index in [4.69, 9.17) is 10.5 Å². The number of amides is 2. The first-order chi connectivity index (χ1) is 6.17. The Bertz CT molecular complexity index is 258. The van der Waals surface area contributed by atoms with Gasteiger partial charge in [0.05, 0.1) is 0 Å². The van der Waals surface area contributed by atoms with Crippen LogP contribution in [0.2, 0.25) is 0 Å². The van der Waals surface area contributed by atoms with Gasteiger partial charge in [0.2, 0.25) is 11.8 Å². The minimum absolute atomic E-state index is 0.237. The largest absolute Gasteiger partial charge is 0.273 e. The number of hydrogen-bond acceptors (Lipinski definition) is 4. The average Bonchev–Trinajstić information content (AvgIpc) is 2.06. The van der Waals surface area contributed by atoms with E-state index in [-0.39, 0.29) is 6.42 Å². The SMILES string of the molecule is CCC(C(=O)NC#N)C(=O)NC#N. The Morgan fingerprint density at radius 3 is 1.85 bits per heavy atom. The second kappa shape index (κ2) is 5.56. The predicted molar refractivity (Wildman–Crippen MR) is 41.3 cm³/mol. The van der Waals surface area contributed by atoms with Crippen LogP contribution in [0.25, 0.3) is 0 Å². The van der Waals surface area contributed by atoms with Crippen molar-refractivity contribution in [1.29, 1.82) is 10.5 Å². The van der Waals surface area contributed by atoms with E-state index in [2.05, 4.69) is 0 Å². The molecule has 0 aliphatic carbocycles. The van der Waals surface area contributed by atoms with Gasteiger partial charge in [-0.25, -0.2) is 0 Å². The van der Waals surface area contributed by atoms with Gasteiger partial charge in [0.1, 0.15) is 5.92 Å². The molecular weight excluding hydrogens is 172 g/mol. The molecule has 0 aromatic carbocycles. The van der Waals surface area contributed by atoms with E-state index in [1.165, 1.54) is 12.4 Å². The highest BCUT2D eigenvalue weighted by Crippen LogP contribution is 2.01. The van der Waals surface area contributed by atoms with Gasteiger partial charge >= 0.3 is 0 Å². The first-order valence-corrected chi connectivity index (χ1v) is 3.55. The highest BCUT2D eigenvalue weighted by molar-refractivity contribution is 6.01. The van der Waals surface area contributed by atoms with Crippen LogP contribution in [0.4, 0.5) is 0 Å². The zero-order valence-corrected chi connectivity index (χ0v) is 7.00. The van der Waals surface area contributed by atoms with Crippen LogP contribution in [-0.2, 0) is 9.59 Å². The van der Waals surface area contributed by atoms with Crippen LogP contribution in [0.1, 0.15) is 13.3 Å². The minimum Gasteiger partial charge on any atom is -0.273 e. The number of hydrogen-bond donors (Lipinski definition) is 2. The van der Waals surface area contributed by atoms with Crippen molar-refractivity contribution in [3.63, 3.8) is 0 Å². The van der Waals surface area contributed by atoms with Crippen molar-refractivity contribution < 1.29 is 9.59 Å². The summed E-state index contributed by atoms with van der Waals surface area (Å²) in [5.41, 5.74) is 0. The Balaban J connectivity index is 4.36. The number of nitrogens with zero attached hydrogens (tertiary/aromatic N) is 2. The summed E-state index contributed by atoms with van der Waals surface area (Å²) in [6.45, 7) is 1.61. The lowest BCUT2D eigenvalue weighted by Gasteiger charge is -2.07. The zero-order chi connectivity index (χ0) is 10.3. The third-order valence-corrected chi connectivity index (χ3v) is 1.40. The van der Waals surface area contributed by atoms with Crippen molar-refractivity contribution in [3.05, 3.63) is 0 Å². The Kier molecular flexibility index (Phi) is 4.67. The molecule has 0 bridgehead atoms. The molecule has 0 aromatic heterocycles. The smallest absolute Gasteiger partial charge is 0.245 e. The van der Waals surface area contributed by atoms with Gasteiger partial charge in [-0.1, -0.05) is 6.92 Å². The summed E-state index contributed by atoms with van der Waals surface area (Å²) in [6.07, 6.45) is 3.07. The van der Waals surface area contributed by atoms with Crippen molar-refractivity contribution in [2.45, 2.75) is 13.3 Å². The molecule has 0 radical (unpaired) electrons. The zero-order valence-electron chi connectivity index (χ0n) is 7.00. The Hall–Kier alpha value is -2.08. The van der Waals surface area contributed by atoms with Gasteiger partial charge in [-0.15, -0.1) is 0 Å². The lowest BCUT2D eigenvalue weighted by atomic mass is 10.1. The van der Waals surface area contributed by atoms with E-state index in [0.29, 0.717) is 0 Å². The summed E-state index contributed by atoms with van der Waals surface area (Å²) in [5.74, 6) is -2.38. The van der Waals surface area contributed by atoms with Crippen molar-refractivity contribution in [2.24, 2.45) is 5.92 Å². The van der Waals surface area contributed by atoms with Crippen molar-refractivity contribution in [1.82, 2.24) is 10.6 Å². The first-order valence-electron chi connectivity index (χ1n) is 3.55. The minimum atomic E-state index is -0.987. The van der Waals surface area contributed by atoms with E-state index in [1.54, 1.807) is 6.92 Å². The fraction of sp³-hybridized carbons (Fsp3) is 0.429. The molecule has 0 unspecified atom stereocenters. The van der Waals surface area contributed by atoms with E-state index in [0.717, 1.165) is 0 Å². The van der Waals surface area contributed by atoms with Crippen LogP contribution in [0.15, 0.2) is 0 Å². The molecule has 0 saturated heterocycles. The van der Waals surface area contributed by atoms with Gasteiger partial charge in [-0.05, 0) is 6.42 Å². The van der Waals surface area contributed by atoms with Crippen molar-refractivity contribution in [2.75, 3.05) is 0 Å². The standard InChI is InChI=1S/C7H8N4O2/c1-2-5(6(12)10-3-8)7(13)11-4-9/h5H,2H2,1H3,(H,10,12)(H,11,13). The molecule has 6 nitrogen and oxygen atoms in total. The van der Waals surface area contributed by atoms with Crippen LogP contribution < -0.4 is 10.6 Å². The number of nitrogens with one attached hydrogen (secondary N) is 2. The molecule has 0 atom stereocenters. The number of rotatable bonds is 3. The molecule has 68 valence electrons. The van der Waals surface area contributed by atoms with E-state index < -0.39 is 17.7 Å². The Morgan fingerprint density at radius 2 is 1.62 bits per heavy atom. The summed E-state index contributed by atoms with van der Waals surface area (Å²) in [6, 6.07) is 0. The summed E-state index contributed by atoms with van der Waals surface area (Å²) < 4.78 is 0. The number of carbonyl (C=O) groups is 2. The van der Waals surface area contributed by atoms with E-state index in [1.807, 2.05) is 10.6 Å². The number of carbonyl (C=O) groups excluding carboxylic acids is 2. The molecule has 13 heavy (non-hydrogen) atoms. The van der Waals surface area contributed by atoms with E-state index >= 15 is 0 Å². The molecule has 0 aliphatic heterocycles. The summed E-state index contributed by atoms with van der Waals surface area (Å²) >= 11 is 0. The molecule has 0 spiro atoms. The maximum Gasteiger partial charge on any atom is 0.245 e. The van der Waals surface area contributed by atoms with Crippen molar-refractivity contribution >= 4 is 11.8 Å². The fourth-order valence-corrected chi connectivity index (χ4v) is 0.774. The Labute approximate surface area is 75.1 Å². The van der Waals surface area contributed by atoms with Crippen LogP contribution in [-0.4, -0.2) is 11.8 Å². The van der Waals surface area contributed by atoms with Crippen LogP contribution in [0, 0.1) is 28.8 Å². The monoisotopic (exact) mass is 180 g/mol. The van der Waals surface area contributed by atoms with Gasteiger partial charge < -0.3 is 0 Å². The molecule has 2 N–H and O–H groups in total. The average molecular weight is 180 g/mol. The quantitative estimate of drug-likeness (QED) is 0.337. The molecule has 0 saturated carbocycles. The molecule has 6 heteroatoms. The van der Waals surface area contributed by atoms with Crippen LogP contribution >= 0.6 is 0 Å².